The van der Waals surface area contributed by atoms with Crippen LogP contribution in [-0.4, -0.2) is 21.1 Å². The first-order valence-corrected chi connectivity index (χ1v) is 7.39. The van der Waals surface area contributed by atoms with Gasteiger partial charge in [-0.2, -0.15) is 0 Å². The lowest BCUT2D eigenvalue weighted by Gasteiger charge is -2.19. The van der Waals surface area contributed by atoms with Gasteiger partial charge in [-0.25, -0.2) is 4.98 Å². The second kappa shape index (κ2) is 7.20. The molecule has 0 aliphatic heterocycles. The Kier molecular flexibility index (Phi) is 5.30. The van der Waals surface area contributed by atoms with Gasteiger partial charge in [0.25, 0.3) is 0 Å². The van der Waals surface area contributed by atoms with Crippen molar-refractivity contribution in [2.45, 2.75) is 39.2 Å². The van der Waals surface area contributed by atoms with Crippen molar-refractivity contribution in [1.29, 1.82) is 0 Å². The molecule has 4 nitrogen and oxygen atoms in total. The molecule has 2 rings (SSSR count). The van der Waals surface area contributed by atoms with Crippen molar-refractivity contribution in [3.63, 3.8) is 0 Å². The van der Waals surface area contributed by atoms with E-state index in [1.165, 1.54) is 11.3 Å². The first kappa shape index (κ1) is 14.7. The fourth-order valence-electron chi connectivity index (χ4n) is 2.56. The predicted molar refractivity (Wildman–Crippen MR) is 81.6 cm³/mol. The van der Waals surface area contributed by atoms with E-state index in [1.54, 1.807) is 0 Å². The Morgan fingerprint density at radius 2 is 2.10 bits per heavy atom. The molecular weight excluding hydrogens is 248 g/mol. The smallest absolute Gasteiger partial charge is 0.108 e. The topological polar surface area (TPSA) is 42.7 Å². The number of aromatic nitrogens is 3. The van der Waals surface area contributed by atoms with Crippen molar-refractivity contribution in [3.05, 3.63) is 47.8 Å². The fraction of sp³-hybridized carbons (Fsp3) is 0.500. The molecule has 2 heterocycles. The minimum absolute atomic E-state index is 0.299. The number of hydrogen-bond acceptors (Lipinski definition) is 3. The van der Waals surface area contributed by atoms with Crippen molar-refractivity contribution in [3.8, 4) is 0 Å². The van der Waals surface area contributed by atoms with Gasteiger partial charge in [-0.15, -0.1) is 0 Å². The van der Waals surface area contributed by atoms with Gasteiger partial charge in [0, 0.05) is 32.1 Å². The third-order valence-electron chi connectivity index (χ3n) is 3.67. The van der Waals surface area contributed by atoms with Crippen LogP contribution < -0.4 is 5.32 Å². The maximum absolute atomic E-state index is 4.60. The lowest BCUT2D eigenvalue weighted by atomic mass is 10.0. The van der Waals surface area contributed by atoms with Gasteiger partial charge >= 0.3 is 0 Å². The van der Waals surface area contributed by atoms with Crippen molar-refractivity contribution in [2.75, 3.05) is 6.54 Å². The number of nitrogens with one attached hydrogen (secondary N) is 1. The van der Waals surface area contributed by atoms with E-state index in [-0.39, 0.29) is 0 Å². The molecule has 0 saturated carbocycles. The third-order valence-corrected chi connectivity index (χ3v) is 3.67. The Labute approximate surface area is 121 Å². The number of pyridine rings is 1. The molecule has 0 aromatic carbocycles. The molecule has 0 aliphatic rings. The quantitative estimate of drug-likeness (QED) is 0.842. The van der Waals surface area contributed by atoms with Gasteiger partial charge in [-0.3, -0.25) is 4.98 Å². The Balaban J connectivity index is 2.12. The van der Waals surface area contributed by atoms with Crippen LogP contribution in [0.15, 0.2) is 30.7 Å². The van der Waals surface area contributed by atoms with Crippen LogP contribution in [0.4, 0.5) is 0 Å². The molecule has 0 saturated heterocycles. The molecule has 1 N–H and O–H groups in total. The van der Waals surface area contributed by atoms with E-state index in [0.717, 1.165) is 31.6 Å². The minimum atomic E-state index is 0.299. The molecule has 2 aromatic heterocycles. The molecule has 0 fully saturated rings. The molecule has 4 heteroatoms. The van der Waals surface area contributed by atoms with Crippen LogP contribution in [0.2, 0.25) is 0 Å². The lowest BCUT2D eigenvalue weighted by molar-refractivity contribution is 0.491. The molecule has 20 heavy (non-hydrogen) atoms. The van der Waals surface area contributed by atoms with E-state index < -0.39 is 0 Å². The summed E-state index contributed by atoms with van der Waals surface area (Å²) in [5.74, 6) is 1.13. The summed E-state index contributed by atoms with van der Waals surface area (Å²) in [6, 6.07) is 4.49. The molecule has 2 aromatic rings. The van der Waals surface area contributed by atoms with Gasteiger partial charge in [-0.05, 0) is 31.0 Å². The molecular formula is C16H24N4. The molecule has 1 atom stereocenters. The number of rotatable bonds is 7. The van der Waals surface area contributed by atoms with Crippen molar-refractivity contribution >= 4 is 0 Å². The minimum Gasteiger partial charge on any atom is -0.338 e. The summed E-state index contributed by atoms with van der Waals surface area (Å²) < 4.78 is 2.09. The summed E-state index contributed by atoms with van der Waals surface area (Å²) in [5.41, 5.74) is 2.52. The monoisotopic (exact) mass is 272 g/mol. The second-order valence-electron chi connectivity index (χ2n) is 5.00. The van der Waals surface area contributed by atoms with Crippen molar-refractivity contribution < 1.29 is 0 Å². The van der Waals surface area contributed by atoms with Gasteiger partial charge in [0.15, 0.2) is 0 Å². The summed E-state index contributed by atoms with van der Waals surface area (Å²) in [6.45, 7) is 5.27. The van der Waals surface area contributed by atoms with E-state index in [9.17, 15) is 0 Å². The molecule has 0 bridgehead atoms. The Morgan fingerprint density at radius 3 is 2.75 bits per heavy atom. The van der Waals surface area contributed by atoms with E-state index >= 15 is 0 Å². The van der Waals surface area contributed by atoms with Crippen LogP contribution in [0.3, 0.4) is 0 Å². The average Bonchev–Trinajstić information content (AvgIpc) is 2.89. The van der Waals surface area contributed by atoms with Crippen LogP contribution in [0.5, 0.6) is 0 Å². The first-order valence-electron chi connectivity index (χ1n) is 7.39. The second-order valence-corrected chi connectivity index (χ2v) is 5.00. The maximum Gasteiger partial charge on any atom is 0.108 e. The van der Waals surface area contributed by atoms with E-state index in [2.05, 4.69) is 39.8 Å². The van der Waals surface area contributed by atoms with Crippen LogP contribution in [0.1, 0.15) is 43.4 Å². The summed E-state index contributed by atoms with van der Waals surface area (Å²) in [7, 11) is 2.04. The third kappa shape index (κ3) is 3.45. The lowest BCUT2D eigenvalue weighted by Crippen LogP contribution is -2.24. The molecule has 108 valence electrons. The largest absolute Gasteiger partial charge is 0.338 e. The normalized spacial score (nSPS) is 12.6. The van der Waals surface area contributed by atoms with Crippen molar-refractivity contribution in [1.82, 2.24) is 19.9 Å². The van der Waals surface area contributed by atoms with Gasteiger partial charge in [-0.1, -0.05) is 19.9 Å². The number of nitrogens with zero attached hydrogens (tertiary/aromatic N) is 3. The number of hydrogen-bond donors (Lipinski definition) is 1. The average molecular weight is 272 g/mol. The highest BCUT2D eigenvalue weighted by atomic mass is 15.0. The fourth-order valence-corrected chi connectivity index (χ4v) is 2.56. The van der Waals surface area contributed by atoms with E-state index in [4.69, 9.17) is 0 Å². The van der Waals surface area contributed by atoms with E-state index in [1.807, 2.05) is 31.7 Å². The van der Waals surface area contributed by atoms with Gasteiger partial charge in [0.05, 0.1) is 11.7 Å². The predicted octanol–water partition coefficient (Wildman–Crippen LogP) is 2.66. The van der Waals surface area contributed by atoms with Crippen LogP contribution in [0.25, 0.3) is 0 Å². The summed E-state index contributed by atoms with van der Waals surface area (Å²) in [5, 5.41) is 3.56. The maximum atomic E-state index is 4.60. The van der Waals surface area contributed by atoms with Crippen LogP contribution in [0, 0.1) is 0 Å². The van der Waals surface area contributed by atoms with Gasteiger partial charge < -0.3 is 9.88 Å². The van der Waals surface area contributed by atoms with Crippen LogP contribution in [-0.2, 0) is 19.9 Å². The Morgan fingerprint density at radius 1 is 1.25 bits per heavy atom. The van der Waals surface area contributed by atoms with Crippen LogP contribution >= 0.6 is 0 Å². The Bertz CT molecular complexity index is 533. The summed E-state index contributed by atoms with van der Waals surface area (Å²) in [4.78, 5) is 9.00. The zero-order chi connectivity index (χ0) is 14.4. The summed E-state index contributed by atoms with van der Waals surface area (Å²) in [6.07, 6.45) is 8.74. The van der Waals surface area contributed by atoms with Gasteiger partial charge in [0.2, 0.25) is 0 Å². The van der Waals surface area contributed by atoms with Gasteiger partial charge in [0.1, 0.15) is 5.82 Å². The number of imidazole rings is 1. The molecule has 0 amide bonds. The molecule has 0 aliphatic carbocycles. The molecule has 1 unspecified atom stereocenters. The summed E-state index contributed by atoms with van der Waals surface area (Å²) >= 11 is 0. The standard InChI is InChI=1S/C16H24N4/c1-4-13-7-6-10-19-16(13)14(17-5-2)8-9-15-18-11-12-20(15)3/h6-7,10-12,14,17H,4-5,8-9H2,1-3H3. The zero-order valence-corrected chi connectivity index (χ0v) is 12.6. The first-order chi connectivity index (χ1) is 9.76. The highest BCUT2D eigenvalue weighted by molar-refractivity contribution is 5.23. The molecule has 0 spiro atoms. The Hall–Kier alpha value is -1.68. The molecule has 0 radical (unpaired) electrons. The van der Waals surface area contributed by atoms with E-state index in [0.29, 0.717) is 6.04 Å². The highest BCUT2D eigenvalue weighted by Crippen LogP contribution is 2.20. The van der Waals surface area contributed by atoms with Crippen molar-refractivity contribution in [2.24, 2.45) is 7.05 Å². The number of aryl methyl sites for hydroxylation is 3. The SMILES string of the molecule is CCNC(CCc1nccn1C)c1ncccc1CC. The highest BCUT2D eigenvalue weighted by Gasteiger charge is 2.15. The zero-order valence-electron chi connectivity index (χ0n) is 12.6.